The highest BCUT2D eigenvalue weighted by Gasteiger charge is 2.19. The van der Waals surface area contributed by atoms with Gasteiger partial charge in [-0.2, -0.15) is 11.8 Å². The Bertz CT molecular complexity index is 334. The smallest absolute Gasteiger partial charge is 0.326 e. The fraction of sp³-hybridized carbons (Fsp3) is 0.692. The summed E-state index contributed by atoms with van der Waals surface area (Å²) in [6.45, 7) is 0.602. The number of hydrogen-bond acceptors (Lipinski definition) is 3. The number of thioether (sulfide) groups is 1. The first-order chi connectivity index (χ1) is 9.13. The number of amides is 2. The van der Waals surface area contributed by atoms with Gasteiger partial charge in [0, 0.05) is 6.54 Å². The highest BCUT2D eigenvalue weighted by Crippen LogP contribution is 2.16. The van der Waals surface area contributed by atoms with Gasteiger partial charge in [0.2, 0.25) is 0 Å². The number of nitrogens with one attached hydrogen (secondary N) is 2. The number of carboxylic acids is 1. The van der Waals surface area contributed by atoms with Crippen LogP contribution < -0.4 is 10.6 Å². The van der Waals surface area contributed by atoms with Crippen LogP contribution in [0.25, 0.3) is 0 Å². The highest BCUT2D eigenvalue weighted by atomic mass is 32.2. The summed E-state index contributed by atoms with van der Waals surface area (Å²) >= 11 is 1.57. The van der Waals surface area contributed by atoms with Crippen LogP contribution in [0.15, 0.2) is 12.2 Å². The summed E-state index contributed by atoms with van der Waals surface area (Å²) in [5.41, 5.74) is 0. The third-order valence-electron chi connectivity index (χ3n) is 3.14. The normalized spacial score (nSPS) is 19.7. The topological polar surface area (TPSA) is 78.4 Å². The maximum atomic E-state index is 11.7. The SMILES string of the molecule is CSCC[C@@H](NC(=O)NCC1CC=CCC1)C(=O)O. The van der Waals surface area contributed by atoms with Gasteiger partial charge in [0.1, 0.15) is 6.04 Å². The van der Waals surface area contributed by atoms with E-state index in [1.165, 1.54) is 0 Å². The molecule has 0 saturated carbocycles. The molecular weight excluding hydrogens is 264 g/mol. The van der Waals surface area contributed by atoms with Crippen LogP contribution in [0.3, 0.4) is 0 Å². The average Bonchev–Trinajstić information content (AvgIpc) is 2.42. The molecule has 0 heterocycles. The van der Waals surface area contributed by atoms with Gasteiger partial charge in [-0.1, -0.05) is 12.2 Å². The van der Waals surface area contributed by atoms with Crippen molar-refractivity contribution in [1.82, 2.24) is 10.6 Å². The minimum absolute atomic E-state index is 0.386. The zero-order valence-electron chi connectivity index (χ0n) is 11.2. The lowest BCUT2D eigenvalue weighted by molar-refractivity contribution is -0.139. The first-order valence-electron chi connectivity index (χ1n) is 6.54. The van der Waals surface area contributed by atoms with E-state index >= 15 is 0 Å². The second kappa shape index (κ2) is 8.85. The number of carbonyl (C=O) groups excluding carboxylic acids is 1. The molecule has 0 fully saturated rings. The molecule has 1 aliphatic rings. The van der Waals surface area contributed by atoms with Crippen LogP contribution in [0.4, 0.5) is 4.79 Å². The van der Waals surface area contributed by atoms with Gasteiger partial charge in [-0.25, -0.2) is 9.59 Å². The fourth-order valence-corrected chi connectivity index (χ4v) is 2.45. The van der Waals surface area contributed by atoms with Crippen LogP contribution in [-0.4, -0.2) is 41.7 Å². The Hall–Kier alpha value is -1.17. The van der Waals surface area contributed by atoms with Crippen molar-refractivity contribution >= 4 is 23.8 Å². The number of aliphatic carboxylic acids is 1. The quantitative estimate of drug-likeness (QED) is 0.624. The summed E-state index contributed by atoms with van der Waals surface area (Å²) in [7, 11) is 0. The van der Waals surface area contributed by atoms with Crippen LogP contribution in [0.2, 0.25) is 0 Å². The minimum atomic E-state index is -0.982. The lowest BCUT2D eigenvalue weighted by Crippen LogP contribution is -2.47. The van der Waals surface area contributed by atoms with Crippen molar-refractivity contribution in [3.8, 4) is 0 Å². The Morgan fingerprint density at radius 1 is 1.47 bits per heavy atom. The molecule has 2 amide bonds. The zero-order chi connectivity index (χ0) is 14.1. The zero-order valence-corrected chi connectivity index (χ0v) is 12.0. The van der Waals surface area contributed by atoms with Gasteiger partial charge < -0.3 is 15.7 Å². The summed E-state index contributed by atoms with van der Waals surface area (Å²) in [5, 5.41) is 14.3. The lowest BCUT2D eigenvalue weighted by Gasteiger charge is -2.19. The molecule has 6 heteroatoms. The number of rotatable bonds is 7. The standard InChI is InChI=1S/C13H22N2O3S/c1-19-8-7-11(12(16)17)15-13(18)14-9-10-5-3-2-4-6-10/h2-3,10-11H,4-9H2,1H3,(H,16,17)(H2,14,15,18)/t10?,11-/m1/s1. The lowest BCUT2D eigenvalue weighted by atomic mass is 9.94. The van der Waals surface area contributed by atoms with E-state index in [0.29, 0.717) is 24.6 Å². The Morgan fingerprint density at radius 2 is 2.26 bits per heavy atom. The Balaban J connectivity index is 2.27. The highest BCUT2D eigenvalue weighted by molar-refractivity contribution is 7.98. The molecule has 108 valence electrons. The fourth-order valence-electron chi connectivity index (χ4n) is 1.98. The van der Waals surface area contributed by atoms with Crippen LogP contribution in [0.5, 0.6) is 0 Å². The van der Waals surface area contributed by atoms with E-state index in [0.717, 1.165) is 19.3 Å². The molecule has 0 aromatic heterocycles. The third-order valence-corrected chi connectivity index (χ3v) is 3.79. The van der Waals surface area contributed by atoms with E-state index < -0.39 is 12.0 Å². The van der Waals surface area contributed by atoms with Crippen LogP contribution in [0, 0.1) is 5.92 Å². The van der Waals surface area contributed by atoms with Crippen LogP contribution in [0.1, 0.15) is 25.7 Å². The van der Waals surface area contributed by atoms with Crippen molar-refractivity contribution in [3.05, 3.63) is 12.2 Å². The van der Waals surface area contributed by atoms with Gasteiger partial charge in [0.25, 0.3) is 0 Å². The molecule has 5 nitrogen and oxygen atoms in total. The van der Waals surface area contributed by atoms with Crippen molar-refractivity contribution in [3.63, 3.8) is 0 Å². The molecule has 0 aromatic carbocycles. The monoisotopic (exact) mass is 286 g/mol. The van der Waals surface area contributed by atoms with Crippen LogP contribution in [-0.2, 0) is 4.79 Å². The summed E-state index contributed by atoms with van der Waals surface area (Å²) in [6, 6.07) is -1.19. The first kappa shape index (κ1) is 15.9. The van der Waals surface area contributed by atoms with E-state index in [9.17, 15) is 9.59 Å². The average molecular weight is 286 g/mol. The number of carboxylic acid groups (broad SMARTS) is 1. The van der Waals surface area contributed by atoms with E-state index in [-0.39, 0.29) is 6.03 Å². The van der Waals surface area contributed by atoms with Gasteiger partial charge in [0.15, 0.2) is 0 Å². The molecule has 0 bridgehead atoms. The van der Waals surface area contributed by atoms with Gasteiger partial charge in [0.05, 0.1) is 0 Å². The van der Waals surface area contributed by atoms with Gasteiger partial charge >= 0.3 is 12.0 Å². The molecule has 2 atom stereocenters. The molecule has 1 aliphatic carbocycles. The molecule has 1 rings (SSSR count). The van der Waals surface area contributed by atoms with E-state index in [1.54, 1.807) is 11.8 Å². The van der Waals surface area contributed by atoms with E-state index in [1.807, 2.05) is 6.26 Å². The van der Waals surface area contributed by atoms with Crippen molar-refractivity contribution in [2.24, 2.45) is 5.92 Å². The van der Waals surface area contributed by atoms with Crippen molar-refractivity contribution in [2.75, 3.05) is 18.6 Å². The molecule has 1 unspecified atom stereocenters. The summed E-state index contributed by atoms with van der Waals surface area (Å²) < 4.78 is 0. The predicted molar refractivity (Wildman–Crippen MR) is 77.4 cm³/mol. The third kappa shape index (κ3) is 6.52. The van der Waals surface area contributed by atoms with Crippen molar-refractivity contribution in [2.45, 2.75) is 31.7 Å². The summed E-state index contributed by atoms with van der Waals surface area (Å²) in [6.07, 6.45) is 9.75. The Morgan fingerprint density at radius 3 is 2.84 bits per heavy atom. The molecule has 0 aromatic rings. The summed E-state index contributed by atoms with van der Waals surface area (Å²) in [5.74, 6) is 0.194. The van der Waals surface area contributed by atoms with Gasteiger partial charge in [-0.3, -0.25) is 0 Å². The molecule has 0 aliphatic heterocycles. The molecule has 0 saturated heterocycles. The predicted octanol–water partition coefficient (Wildman–Crippen LogP) is 1.85. The number of hydrogen-bond donors (Lipinski definition) is 3. The molecule has 19 heavy (non-hydrogen) atoms. The number of carbonyl (C=O) groups is 2. The maximum absolute atomic E-state index is 11.7. The molecule has 3 N–H and O–H groups in total. The van der Waals surface area contributed by atoms with Crippen LogP contribution >= 0.6 is 11.8 Å². The molecule has 0 spiro atoms. The van der Waals surface area contributed by atoms with Gasteiger partial charge in [-0.15, -0.1) is 0 Å². The van der Waals surface area contributed by atoms with Crippen molar-refractivity contribution in [1.29, 1.82) is 0 Å². The minimum Gasteiger partial charge on any atom is -0.480 e. The number of urea groups is 1. The van der Waals surface area contributed by atoms with E-state index in [2.05, 4.69) is 22.8 Å². The van der Waals surface area contributed by atoms with E-state index in [4.69, 9.17) is 5.11 Å². The second-order valence-corrected chi connectivity index (χ2v) is 5.66. The van der Waals surface area contributed by atoms with Crippen molar-refractivity contribution < 1.29 is 14.7 Å². The second-order valence-electron chi connectivity index (χ2n) is 4.68. The molecular formula is C13H22N2O3S. The maximum Gasteiger partial charge on any atom is 0.326 e. The molecule has 0 radical (unpaired) electrons. The van der Waals surface area contributed by atoms with Gasteiger partial charge in [-0.05, 0) is 43.6 Å². The number of allylic oxidation sites excluding steroid dienone is 2. The Kier molecular flexibility index (Phi) is 7.40. The Labute approximate surface area is 118 Å². The largest absolute Gasteiger partial charge is 0.480 e. The summed E-state index contributed by atoms with van der Waals surface area (Å²) in [4.78, 5) is 22.6. The first-order valence-corrected chi connectivity index (χ1v) is 7.94.